The van der Waals surface area contributed by atoms with E-state index in [0.29, 0.717) is 36.3 Å². The number of nitrogens with one attached hydrogen (secondary N) is 2. The average molecular weight is 602 g/mol. The van der Waals surface area contributed by atoms with Crippen LogP contribution in [0.5, 0.6) is 5.75 Å². The Balaban J connectivity index is 1.49. The summed E-state index contributed by atoms with van der Waals surface area (Å²) in [4.78, 5) is 34.7. The average Bonchev–Trinajstić information content (AvgIpc) is 2.94. The smallest absolute Gasteiger partial charge is 0.293 e. The Morgan fingerprint density at radius 3 is 2.71 bits per heavy atom. The van der Waals surface area contributed by atoms with E-state index >= 15 is 0 Å². The van der Waals surface area contributed by atoms with Gasteiger partial charge in [-0.25, -0.2) is 18.6 Å². The van der Waals surface area contributed by atoms with E-state index in [4.69, 9.17) is 33.4 Å². The standard InChI is InChI=1S/C28H30ClF2N7O4/c1-15-9-37(11-23(32)28(15,30)31)26-20(33-2)8-19(29)25(36-26)35-18-4-5-21-17(6-18)7-22(42-14-24(39)34-3)27(40)38(21)10-16-12-41-13-16/h4-8,15-16,23H,9-14,32H2,1,3H3,(H,34,39)(H,35,36)/t15-,23+/m1/s1. The van der Waals surface area contributed by atoms with E-state index in [0.717, 1.165) is 0 Å². The van der Waals surface area contributed by atoms with Crippen LogP contribution in [0, 0.1) is 18.4 Å². The summed E-state index contributed by atoms with van der Waals surface area (Å²) in [6.45, 7) is 9.98. The maximum Gasteiger partial charge on any atom is 0.293 e. The second-order valence-corrected chi connectivity index (χ2v) is 11.0. The molecule has 4 N–H and O–H groups in total. The number of aromatic nitrogens is 2. The van der Waals surface area contributed by atoms with Crippen LogP contribution in [0.2, 0.25) is 5.02 Å². The molecule has 1 amide bonds. The monoisotopic (exact) mass is 601 g/mol. The molecule has 2 aliphatic rings. The van der Waals surface area contributed by atoms with Crippen LogP contribution in [0.1, 0.15) is 6.92 Å². The van der Waals surface area contributed by atoms with Gasteiger partial charge in [0.25, 0.3) is 17.4 Å². The highest BCUT2D eigenvalue weighted by Crippen LogP contribution is 2.40. The molecule has 0 bridgehead atoms. The normalized spacial score (nSPS) is 20.1. The first-order valence-corrected chi connectivity index (χ1v) is 13.7. The summed E-state index contributed by atoms with van der Waals surface area (Å²) in [5.41, 5.74) is 6.77. The van der Waals surface area contributed by atoms with Crippen molar-refractivity contribution in [2.45, 2.75) is 25.4 Å². The highest BCUT2D eigenvalue weighted by Gasteiger charge is 2.48. The molecule has 0 aliphatic carbocycles. The van der Waals surface area contributed by atoms with Crippen LogP contribution in [0.25, 0.3) is 15.7 Å². The lowest BCUT2D eigenvalue weighted by atomic mass is 9.91. The van der Waals surface area contributed by atoms with Crippen LogP contribution in [0.15, 0.2) is 35.1 Å². The molecule has 42 heavy (non-hydrogen) atoms. The highest BCUT2D eigenvalue weighted by molar-refractivity contribution is 6.33. The number of hydrogen-bond donors (Lipinski definition) is 3. The number of nitrogens with zero attached hydrogens (tertiary/aromatic N) is 4. The maximum absolute atomic E-state index is 14.4. The number of amides is 1. The lowest BCUT2D eigenvalue weighted by Crippen LogP contribution is -2.60. The van der Waals surface area contributed by atoms with Gasteiger partial charge in [-0.15, -0.1) is 0 Å². The fourth-order valence-electron chi connectivity index (χ4n) is 5.02. The van der Waals surface area contributed by atoms with Crippen molar-refractivity contribution in [1.82, 2.24) is 14.9 Å². The van der Waals surface area contributed by atoms with Gasteiger partial charge in [0.1, 0.15) is 11.6 Å². The second-order valence-electron chi connectivity index (χ2n) is 10.5. The van der Waals surface area contributed by atoms with E-state index in [1.165, 1.54) is 20.0 Å². The Morgan fingerprint density at radius 1 is 1.31 bits per heavy atom. The minimum Gasteiger partial charge on any atom is -0.478 e. The summed E-state index contributed by atoms with van der Waals surface area (Å²) in [6, 6.07) is 6.88. The van der Waals surface area contributed by atoms with Crippen LogP contribution in [0.3, 0.4) is 0 Å². The summed E-state index contributed by atoms with van der Waals surface area (Å²) in [6.07, 6.45) is 0. The quantitative estimate of drug-likeness (QED) is 0.335. The lowest BCUT2D eigenvalue weighted by Gasteiger charge is -2.41. The van der Waals surface area contributed by atoms with Crippen molar-refractivity contribution in [2.75, 3.05) is 50.2 Å². The molecule has 2 atom stereocenters. The van der Waals surface area contributed by atoms with Gasteiger partial charge in [-0.05, 0) is 30.3 Å². The summed E-state index contributed by atoms with van der Waals surface area (Å²) in [5, 5.41) is 6.42. The van der Waals surface area contributed by atoms with Crippen LogP contribution >= 0.6 is 11.6 Å². The number of rotatable bonds is 8. The Hall–Kier alpha value is -3.99. The molecule has 3 aromatic rings. The summed E-state index contributed by atoms with van der Waals surface area (Å²) in [7, 11) is 1.48. The summed E-state index contributed by atoms with van der Waals surface area (Å²) in [5.74, 6) is -3.84. The van der Waals surface area contributed by atoms with Crippen LogP contribution < -0.4 is 31.6 Å². The number of hydrogen-bond acceptors (Lipinski definition) is 8. The molecule has 0 saturated carbocycles. The molecule has 2 aliphatic heterocycles. The van der Waals surface area contributed by atoms with E-state index in [1.54, 1.807) is 33.7 Å². The number of benzene rings is 1. The summed E-state index contributed by atoms with van der Waals surface area (Å²) < 4.78 is 41.2. The van der Waals surface area contributed by atoms with Crippen molar-refractivity contribution >= 4 is 51.4 Å². The number of ether oxygens (including phenoxy) is 2. The molecule has 5 rings (SSSR count). The zero-order valence-electron chi connectivity index (χ0n) is 23.0. The highest BCUT2D eigenvalue weighted by atomic mass is 35.5. The number of carbonyl (C=O) groups is 1. The van der Waals surface area contributed by atoms with Gasteiger partial charge in [-0.2, -0.15) is 0 Å². The number of halogens is 3. The molecule has 0 radical (unpaired) electrons. The predicted molar refractivity (Wildman–Crippen MR) is 155 cm³/mol. The first kappa shape index (κ1) is 29.5. The number of piperidine rings is 1. The van der Waals surface area contributed by atoms with Crippen molar-refractivity contribution in [3.8, 4) is 5.75 Å². The number of pyridine rings is 2. The van der Waals surface area contributed by atoms with Crippen molar-refractivity contribution in [3.63, 3.8) is 0 Å². The Bertz CT molecular complexity index is 1610. The Morgan fingerprint density at radius 2 is 2.07 bits per heavy atom. The van der Waals surface area contributed by atoms with Crippen molar-refractivity contribution in [2.24, 2.45) is 17.6 Å². The largest absolute Gasteiger partial charge is 0.478 e. The molecule has 14 heteroatoms. The molecule has 2 saturated heterocycles. The summed E-state index contributed by atoms with van der Waals surface area (Å²) >= 11 is 6.48. The molecule has 0 spiro atoms. The van der Waals surface area contributed by atoms with Crippen molar-refractivity contribution in [1.29, 1.82) is 0 Å². The van der Waals surface area contributed by atoms with E-state index in [-0.39, 0.29) is 65.2 Å². The fourth-order valence-corrected chi connectivity index (χ4v) is 5.21. The minimum atomic E-state index is -3.04. The van der Waals surface area contributed by atoms with Gasteiger partial charge in [-0.3, -0.25) is 9.59 Å². The number of alkyl halides is 2. The van der Waals surface area contributed by atoms with E-state index < -0.39 is 17.9 Å². The van der Waals surface area contributed by atoms with Gasteiger partial charge in [0.15, 0.2) is 12.4 Å². The SMILES string of the molecule is [C-]#[N+]c1cc(Cl)c(Nc2ccc3c(c2)cc(OCC(=O)NC)c(=O)n3CC2COC2)nc1N1C[C@@H](C)C(F)(F)[C@@H](N)C1. The van der Waals surface area contributed by atoms with Crippen LogP contribution in [-0.2, 0) is 16.1 Å². The molecule has 1 aromatic carbocycles. The number of carbonyl (C=O) groups excluding carboxylic acids is 1. The maximum atomic E-state index is 14.4. The zero-order valence-corrected chi connectivity index (χ0v) is 23.8. The van der Waals surface area contributed by atoms with E-state index in [2.05, 4.69) is 20.5 Å². The van der Waals surface area contributed by atoms with Gasteiger partial charge < -0.3 is 35.3 Å². The molecule has 2 aromatic heterocycles. The number of fused-ring (bicyclic) bond motifs is 1. The fraction of sp³-hybridized carbons (Fsp3) is 0.429. The van der Waals surface area contributed by atoms with Gasteiger partial charge in [0, 0.05) is 49.6 Å². The molecule has 2 fully saturated rings. The third kappa shape index (κ3) is 5.70. The predicted octanol–water partition coefficient (Wildman–Crippen LogP) is 3.53. The Kier molecular flexibility index (Phi) is 8.23. The first-order valence-electron chi connectivity index (χ1n) is 13.3. The topological polar surface area (TPSA) is 128 Å². The lowest BCUT2D eigenvalue weighted by molar-refractivity contribution is -0.122. The number of anilines is 3. The molecule has 4 heterocycles. The van der Waals surface area contributed by atoms with Crippen LogP contribution in [0.4, 0.5) is 31.8 Å². The number of nitrogens with two attached hydrogens (primary N) is 1. The van der Waals surface area contributed by atoms with Gasteiger partial charge in [-0.1, -0.05) is 18.5 Å². The van der Waals surface area contributed by atoms with Gasteiger partial charge in [0.2, 0.25) is 5.69 Å². The molecular weight excluding hydrogens is 572 g/mol. The van der Waals surface area contributed by atoms with Crippen molar-refractivity contribution in [3.05, 3.63) is 57.1 Å². The minimum absolute atomic E-state index is 0.0238. The third-order valence-electron chi connectivity index (χ3n) is 7.53. The zero-order chi connectivity index (χ0) is 30.2. The second kappa shape index (κ2) is 11.7. The van der Waals surface area contributed by atoms with E-state index in [1.807, 2.05) is 0 Å². The van der Waals surface area contributed by atoms with Gasteiger partial charge in [0.05, 0.1) is 36.4 Å². The Labute approximate surface area is 245 Å². The molecular formula is C28H30ClF2N7O4. The molecule has 11 nitrogen and oxygen atoms in total. The van der Waals surface area contributed by atoms with Crippen LogP contribution in [-0.4, -0.2) is 67.4 Å². The molecule has 222 valence electrons. The third-order valence-corrected chi connectivity index (χ3v) is 7.82. The number of likely N-dealkylation sites (N-methyl/N-ethyl adjacent to an activating group) is 1. The van der Waals surface area contributed by atoms with Gasteiger partial charge >= 0.3 is 0 Å². The first-order chi connectivity index (χ1) is 20.0. The molecule has 0 unspecified atom stereocenters. The van der Waals surface area contributed by atoms with E-state index in [9.17, 15) is 18.4 Å². The van der Waals surface area contributed by atoms with Crippen molar-refractivity contribution < 1.29 is 23.0 Å².